The number of piperidine rings is 1. The molecule has 6 nitrogen and oxygen atoms in total. The molecule has 0 aliphatic carbocycles. The predicted molar refractivity (Wildman–Crippen MR) is 86.4 cm³/mol. The van der Waals surface area contributed by atoms with E-state index in [4.69, 9.17) is 14.2 Å². The fourth-order valence-corrected chi connectivity index (χ4v) is 4.08. The molecule has 23 heavy (non-hydrogen) atoms. The molecular weight excluding hydrogens is 296 g/mol. The number of carbonyl (C=O) groups is 1. The number of likely N-dealkylation sites (tertiary alicyclic amines) is 1. The van der Waals surface area contributed by atoms with Gasteiger partial charge in [0.25, 0.3) is 0 Å². The van der Waals surface area contributed by atoms with Gasteiger partial charge in [-0.3, -0.25) is 9.69 Å². The van der Waals surface area contributed by atoms with Crippen LogP contribution in [-0.4, -0.2) is 87.1 Å². The lowest BCUT2D eigenvalue weighted by atomic mass is 9.86. The zero-order chi connectivity index (χ0) is 16.1. The van der Waals surface area contributed by atoms with E-state index in [1.165, 1.54) is 0 Å². The van der Waals surface area contributed by atoms with E-state index in [0.29, 0.717) is 12.5 Å². The van der Waals surface area contributed by atoms with Gasteiger partial charge >= 0.3 is 0 Å². The number of carbonyl (C=O) groups excluding carboxylic acids is 1. The molecule has 0 N–H and O–H groups in total. The van der Waals surface area contributed by atoms with Crippen LogP contribution in [0.15, 0.2) is 0 Å². The molecule has 3 heterocycles. The van der Waals surface area contributed by atoms with Crippen LogP contribution in [0.4, 0.5) is 0 Å². The van der Waals surface area contributed by atoms with E-state index < -0.39 is 0 Å². The molecule has 3 saturated heterocycles. The molecule has 0 radical (unpaired) electrons. The third kappa shape index (κ3) is 4.44. The smallest absolute Gasteiger partial charge is 0.248 e. The first-order valence-corrected chi connectivity index (χ1v) is 9.00. The lowest BCUT2D eigenvalue weighted by Crippen LogP contribution is -2.51. The fourth-order valence-electron chi connectivity index (χ4n) is 4.08. The molecule has 132 valence electrons. The number of ether oxygens (including phenoxy) is 3. The Hall–Kier alpha value is -0.690. The standard InChI is InChI=1S/C17H30N2O4/c1-2-21-13-16(20)19-5-3-4-17(14-19)10-15(12-23-17)11-18-6-8-22-9-7-18/h15H,2-14H2,1H3. The molecule has 1 spiro atoms. The van der Waals surface area contributed by atoms with Gasteiger partial charge in [-0.2, -0.15) is 0 Å². The molecule has 0 bridgehead atoms. The van der Waals surface area contributed by atoms with Crippen LogP contribution >= 0.6 is 0 Å². The molecule has 0 saturated carbocycles. The van der Waals surface area contributed by atoms with E-state index in [-0.39, 0.29) is 18.1 Å². The molecular formula is C17H30N2O4. The van der Waals surface area contributed by atoms with Crippen LogP contribution in [0.1, 0.15) is 26.2 Å². The van der Waals surface area contributed by atoms with Gasteiger partial charge in [-0.15, -0.1) is 0 Å². The van der Waals surface area contributed by atoms with Crippen molar-refractivity contribution in [3.05, 3.63) is 0 Å². The topological polar surface area (TPSA) is 51.2 Å². The van der Waals surface area contributed by atoms with Gasteiger partial charge in [0.2, 0.25) is 5.91 Å². The molecule has 3 aliphatic heterocycles. The normalized spacial score (nSPS) is 32.6. The highest BCUT2D eigenvalue weighted by atomic mass is 16.5. The van der Waals surface area contributed by atoms with Crippen LogP contribution in [0.2, 0.25) is 0 Å². The van der Waals surface area contributed by atoms with Crippen molar-refractivity contribution in [1.82, 2.24) is 9.80 Å². The molecule has 0 aromatic heterocycles. The Morgan fingerprint density at radius 3 is 2.91 bits per heavy atom. The Bertz CT molecular complexity index is 400. The Labute approximate surface area is 139 Å². The van der Waals surface area contributed by atoms with Gasteiger partial charge in [0.15, 0.2) is 0 Å². The summed E-state index contributed by atoms with van der Waals surface area (Å²) in [6.07, 6.45) is 3.18. The summed E-state index contributed by atoms with van der Waals surface area (Å²) in [7, 11) is 0. The fraction of sp³-hybridized carbons (Fsp3) is 0.941. The van der Waals surface area contributed by atoms with E-state index in [1.807, 2.05) is 11.8 Å². The maximum Gasteiger partial charge on any atom is 0.248 e. The summed E-state index contributed by atoms with van der Waals surface area (Å²) >= 11 is 0. The Balaban J connectivity index is 1.50. The highest BCUT2D eigenvalue weighted by Gasteiger charge is 2.44. The van der Waals surface area contributed by atoms with Crippen molar-refractivity contribution < 1.29 is 19.0 Å². The number of morpholine rings is 1. The first kappa shape index (κ1) is 17.1. The van der Waals surface area contributed by atoms with Crippen molar-refractivity contribution in [2.24, 2.45) is 5.92 Å². The third-order valence-corrected chi connectivity index (χ3v) is 5.23. The molecule has 3 rings (SSSR count). The molecule has 2 unspecified atom stereocenters. The van der Waals surface area contributed by atoms with E-state index in [0.717, 1.165) is 71.8 Å². The van der Waals surface area contributed by atoms with E-state index in [1.54, 1.807) is 0 Å². The number of hydrogen-bond acceptors (Lipinski definition) is 5. The summed E-state index contributed by atoms with van der Waals surface area (Å²) in [5.74, 6) is 0.682. The molecule has 1 amide bonds. The van der Waals surface area contributed by atoms with Crippen LogP contribution < -0.4 is 0 Å². The van der Waals surface area contributed by atoms with Crippen LogP contribution in [0.5, 0.6) is 0 Å². The van der Waals surface area contributed by atoms with Gasteiger partial charge in [-0.25, -0.2) is 0 Å². The summed E-state index contributed by atoms with van der Waals surface area (Å²) in [6, 6.07) is 0. The Morgan fingerprint density at radius 1 is 1.30 bits per heavy atom. The van der Waals surface area contributed by atoms with Crippen molar-refractivity contribution >= 4 is 5.91 Å². The second kappa shape index (κ2) is 7.92. The number of amides is 1. The number of nitrogens with zero attached hydrogens (tertiary/aromatic N) is 2. The number of rotatable bonds is 5. The molecule has 3 fully saturated rings. The quantitative estimate of drug-likeness (QED) is 0.746. The van der Waals surface area contributed by atoms with Gasteiger partial charge in [0.05, 0.1) is 25.4 Å². The molecule has 0 aromatic rings. The molecule has 6 heteroatoms. The average Bonchev–Trinajstić information content (AvgIpc) is 2.95. The SMILES string of the molecule is CCOCC(=O)N1CCCC2(CC(CN3CCOCC3)CO2)C1. The summed E-state index contributed by atoms with van der Waals surface area (Å²) < 4.78 is 16.9. The lowest BCUT2D eigenvalue weighted by Gasteiger charge is -2.40. The molecule has 2 atom stereocenters. The highest BCUT2D eigenvalue weighted by Crippen LogP contribution is 2.37. The van der Waals surface area contributed by atoms with Gasteiger partial charge < -0.3 is 19.1 Å². The molecule has 0 aromatic carbocycles. The summed E-state index contributed by atoms with van der Waals surface area (Å²) in [6.45, 7) is 9.95. The maximum atomic E-state index is 12.2. The lowest BCUT2D eigenvalue weighted by molar-refractivity contribution is -0.143. The van der Waals surface area contributed by atoms with Crippen LogP contribution in [0.25, 0.3) is 0 Å². The van der Waals surface area contributed by atoms with Crippen molar-refractivity contribution in [3.63, 3.8) is 0 Å². The summed E-state index contributed by atoms with van der Waals surface area (Å²) in [4.78, 5) is 16.6. The summed E-state index contributed by atoms with van der Waals surface area (Å²) in [5, 5.41) is 0. The number of hydrogen-bond donors (Lipinski definition) is 0. The predicted octanol–water partition coefficient (Wildman–Crippen LogP) is 0.753. The Morgan fingerprint density at radius 2 is 2.13 bits per heavy atom. The van der Waals surface area contributed by atoms with Crippen LogP contribution in [0.3, 0.4) is 0 Å². The minimum atomic E-state index is -0.114. The average molecular weight is 326 g/mol. The zero-order valence-corrected chi connectivity index (χ0v) is 14.3. The zero-order valence-electron chi connectivity index (χ0n) is 14.3. The van der Waals surface area contributed by atoms with Crippen LogP contribution in [-0.2, 0) is 19.0 Å². The second-order valence-corrected chi connectivity index (χ2v) is 7.03. The third-order valence-electron chi connectivity index (χ3n) is 5.23. The minimum Gasteiger partial charge on any atom is -0.379 e. The first-order valence-electron chi connectivity index (χ1n) is 9.00. The molecule has 3 aliphatic rings. The van der Waals surface area contributed by atoms with Crippen molar-refractivity contribution in [1.29, 1.82) is 0 Å². The van der Waals surface area contributed by atoms with Crippen molar-refractivity contribution in [3.8, 4) is 0 Å². The van der Waals surface area contributed by atoms with E-state index >= 15 is 0 Å². The highest BCUT2D eigenvalue weighted by molar-refractivity contribution is 5.77. The van der Waals surface area contributed by atoms with Crippen molar-refractivity contribution in [2.75, 3.05) is 65.8 Å². The van der Waals surface area contributed by atoms with Gasteiger partial charge in [0.1, 0.15) is 6.61 Å². The van der Waals surface area contributed by atoms with Gasteiger partial charge in [0, 0.05) is 39.3 Å². The van der Waals surface area contributed by atoms with Crippen LogP contribution in [0, 0.1) is 5.92 Å². The van der Waals surface area contributed by atoms with Crippen molar-refractivity contribution in [2.45, 2.75) is 31.8 Å². The largest absolute Gasteiger partial charge is 0.379 e. The summed E-state index contributed by atoms with van der Waals surface area (Å²) in [5.41, 5.74) is -0.114. The van der Waals surface area contributed by atoms with Gasteiger partial charge in [-0.05, 0) is 32.1 Å². The first-order chi connectivity index (χ1) is 11.2. The minimum absolute atomic E-state index is 0.103. The second-order valence-electron chi connectivity index (χ2n) is 7.03. The Kier molecular flexibility index (Phi) is 5.91. The van der Waals surface area contributed by atoms with E-state index in [2.05, 4.69) is 4.90 Å². The van der Waals surface area contributed by atoms with E-state index in [9.17, 15) is 4.79 Å². The monoisotopic (exact) mass is 326 g/mol. The van der Waals surface area contributed by atoms with Gasteiger partial charge in [-0.1, -0.05) is 0 Å². The maximum absolute atomic E-state index is 12.2.